The molecule has 0 aliphatic carbocycles. The van der Waals surface area contributed by atoms with Crippen LogP contribution in [0.4, 0.5) is 0 Å². The predicted molar refractivity (Wildman–Crippen MR) is 93.7 cm³/mol. The van der Waals surface area contributed by atoms with E-state index in [0.29, 0.717) is 5.69 Å². The fraction of sp³-hybridized carbons (Fsp3) is 0.263. The average Bonchev–Trinajstić information content (AvgIpc) is 3.07. The standard InChI is InChI=1S/C19H20N4O/c24-19(18-13-16-3-1-2-4-17(16)21-18)23-11-9-22(10-12-23)14-15-5-7-20-8-6-15/h1-8,13,21H,9-12,14H2. The molecule has 1 aliphatic heterocycles. The zero-order valence-corrected chi connectivity index (χ0v) is 13.5. The molecule has 3 aromatic rings. The molecule has 5 nitrogen and oxygen atoms in total. The minimum atomic E-state index is 0.0924. The van der Waals surface area contributed by atoms with Gasteiger partial charge < -0.3 is 9.88 Å². The first-order valence-electron chi connectivity index (χ1n) is 8.28. The van der Waals surface area contributed by atoms with Crippen molar-refractivity contribution in [1.29, 1.82) is 0 Å². The summed E-state index contributed by atoms with van der Waals surface area (Å²) < 4.78 is 0. The number of H-pyrrole nitrogens is 1. The predicted octanol–water partition coefficient (Wildman–Crippen LogP) is 2.52. The second kappa shape index (κ2) is 6.45. The van der Waals surface area contributed by atoms with E-state index in [4.69, 9.17) is 0 Å². The molecule has 1 saturated heterocycles. The molecule has 5 heteroatoms. The highest BCUT2D eigenvalue weighted by Gasteiger charge is 2.23. The number of rotatable bonds is 3. The monoisotopic (exact) mass is 320 g/mol. The maximum absolute atomic E-state index is 12.7. The molecule has 0 unspecified atom stereocenters. The Morgan fingerprint density at radius 3 is 2.54 bits per heavy atom. The van der Waals surface area contributed by atoms with Crippen molar-refractivity contribution < 1.29 is 4.79 Å². The van der Waals surface area contributed by atoms with Crippen LogP contribution in [-0.4, -0.2) is 51.9 Å². The molecule has 1 N–H and O–H groups in total. The van der Waals surface area contributed by atoms with Gasteiger partial charge in [0.05, 0.1) is 0 Å². The Balaban J connectivity index is 1.39. The summed E-state index contributed by atoms with van der Waals surface area (Å²) in [7, 11) is 0. The van der Waals surface area contributed by atoms with E-state index in [0.717, 1.165) is 43.6 Å². The summed E-state index contributed by atoms with van der Waals surface area (Å²) in [6.45, 7) is 4.23. The lowest BCUT2D eigenvalue weighted by Crippen LogP contribution is -2.48. The highest BCUT2D eigenvalue weighted by Crippen LogP contribution is 2.17. The Bertz CT molecular complexity index is 802. The van der Waals surface area contributed by atoms with Crippen LogP contribution in [0.25, 0.3) is 10.9 Å². The molecule has 0 atom stereocenters. The van der Waals surface area contributed by atoms with Gasteiger partial charge in [-0.1, -0.05) is 18.2 Å². The summed E-state index contributed by atoms with van der Waals surface area (Å²) in [5, 5.41) is 1.08. The number of para-hydroxylation sites is 1. The van der Waals surface area contributed by atoms with Gasteiger partial charge in [-0.05, 0) is 29.8 Å². The number of aromatic amines is 1. The van der Waals surface area contributed by atoms with E-state index >= 15 is 0 Å². The molecular weight excluding hydrogens is 300 g/mol. The van der Waals surface area contributed by atoms with E-state index in [1.54, 1.807) is 0 Å². The van der Waals surface area contributed by atoms with Crippen LogP contribution in [0.3, 0.4) is 0 Å². The minimum Gasteiger partial charge on any atom is -0.351 e. The summed E-state index contributed by atoms with van der Waals surface area (Å²) in [5.41, 5.74) is 2.95. The number of benzene rings is 1. The van der Waals surface area contributed by atoms with E-state index in [1.165, 1.54) is 5.56 Å². The molecule has 2 aromatic heterocycles. The highest BCUT2D eigenvalue weighted by atomic mass is 16.2. The lowest BCUT2D eigenvalue weighted by Gasteiger charge is -2.34. The molecule has 1 aromatic carbocycles. The molecule has 4 rings (SSSR count). The highest BCUT2D eigenvalue weighted by molar-refractivity contribution is 5.98. The van der Waals surface area contributed by atoms with Crippen LogP contribution in [0.1, 0.15) is 16.1 Å². The topological polar surface area (TPSA) is 52.2 Å². The van der Waals surface area contributed by atoms with Gasteiger partial charge in [-0.2, -0.15) is 0 Å². The van der Waals surface area contributed by atoms with Gasteiger partial charge in [-0.25, -0.2) is 0 Å². The first-order valence-corrected chi connectivity index (χ1v) is 8.28. The largest absolute Gasteiger partial charge is 0.351 e. The van der Waals surface area contributed by atoms with Crippen molar-refractivity contribution in [3.05, 3.63) is 66.1 Å². The number of hydrogen-bond donors (Lipinski definition) is 1. The molecule has 0 radical (unpaired) electrons. The normalized spacial score (nSPS) is 15.8. The average molecular weight is 320 g/mol. The summed E-state index contributed by atoms with van der Waals surface area (Å²) in [6, 6.07) is 14.0. The van der Waals surface area contributed by atoms with Crippen molar-refractivity contribution in [2.24, 2.45) is 0 Å². The molecule has 1 amide bonds. The maximum atomic E-state index is 12.7. The third-order valence-electron chi connectivity index (χ3n) is 4.58. The summed E-state index contributed by atoms with van der Waals surface area (Å²) in [5.74, 6) is 0.0924. The van der Waals surface area contributed by atoms with Gasteiger partial charge >= 0.3 is 0 Å². The molecule has 122 valence electrons. The Morgan fingerprint density at radius 1 is 1.04 bits per heavy atom. The molecule has 24 heavy (non-hydrogen) atoms. The third kappa shape index (κ3) is 3.03. The fourth-order valence-corrected chi connectivity index (χ4v) is 3.21. The first kappa shape index (κ1) is 14.9. The zero-order valence-electron chi connectivity index (χ0n) is 13.5. The smallest absolute Gasteiger partial charge is 0.270 e. The number of piperazine rings is 1. The number of carbonyl (C=O) groups excluding carboxylic acids is 1. The number of amides is 1. The molecule has 3 heterocycles. The van der Waals surface area contributed by atoms with Gasteiger partial charge in [0.15, 0.2) is 0 Å². The molecule has 1 aliphatic rings. The first-order chi connectivity index (χ1) is 11.8. The zero-order chi connectivity index (χ0) is 16.4. The van der Waals surface area contributed by atoms with Gasteiger partial charge in [0, 0.05) is 56.0 Å². The van der Waals surface area contributed by atoms with Crippen LogP contribution in [0.5, 0.6) is 0 Å². The van der Waals surface area contributed by atoms with Crippen LogP contribution in [0.2, 0.25) is 0 Å². The minimum absolute atomic E-state index is 0.0924. The fourth-order valence-electron chi connectivity index (χ4n) is 3.21. The van der Waals surface area contributed by atoms with Crippen molar-refractivity contribution in [3.63, 3.8) is 0 Å². The second-order valence-corrected chi connectivity index (χ2v) is 6.19. The Labute approximate surface area is 140 Å². The van der Waals surface area contributed by atoms with Crippen LogP contribution >= 0.6 is 0 Å². The third-order valence-corrected chi connectivity index (χ3v) is 4.58. The van der Waals surface area contributed by atoms with E-state index in [1.807, 2.05) is 59.8 Å². The van der Waals surface area contributed by atoms with Crippen LogP contribution in [-0.2, 0) is 6.54 Å². The van der Waals surface area contributed by atoms with Gasteiger partial charge in [0.25, 0.3) is 5.91 Å². The van der Waals surface area contributed by atoms with Gasteiger partial charge in [-0.15, -0.1) is 0 Å². The van der Waals surface area contributed by atoms with Gasteiger partial charge in [0.2, 0.25) is 0 Å². The van der Waals surface area contributed by atoms with E-state index in [2.05, 4.69) is 14.9 Å². The molecular formula is C19H20N4O. The van der Waals surface area contributed by atoms with Crippen molar-refractivity contribution in [1.82, 2.24) is 19.8 Å². The van der Waals surface area contributed by atoms with Crippen molar-refractivity contribution in [2.45, 2.75) is 6.54 Å². The van der Waals surface area contributed by atoms with Crippen molar-refractivity contribution >= 4 is 16.8 Å². The van der Waals surface area contributed by atoms with Gasteiger partial charge in [0.1, 0.15) is 5.69 Å². The number of aromatic nitrogens is 2. The van der Waals surface area contributed by atoms with E-state index < -0.39 is 0 Å². The van der Waals surface area contributed by atoms with Crippen LogP contribution in [0.15, 0.2) is 54.9 Å². The Hall–Kier alpha value is -2.66. The molecule has 0 saturated carbocycles. The molecule has 1 fully saturated rings. The number of nitrogens with one attached hydrogen (secondary N) is 1. The van der Waals surface area contributed by atoms with E-state index in [9.17, 15) is 4.79 Å². The van der Waals surface area contributed by atoms with Gasteiger partial charge in [-0.3, -0.25) is 14.7 Å². The van der Waals surface area contributed by atoms with Crippen molar-refractivity contribution in [2.75, 3.05) is 26.2 Å². The summed E-state index contributed by atoms with van der Waals surface area (Å²) >= 11 is 0. The lowest BCUT2D eigenvalue weighted by molar-refractivity contribution is 0.0623. The number of pyridine rings is 1. The lowest BCUT2D eigenvalue weighted by atomic mass is 10.2. The molecule has 0 spiro atoms. The van der Waals surface area contributed by atoms with Crippen LogP contribution < -0.4 is 0 Å². The number of fused-ring (bicyclic) bond motifs is 1. The SMILES string of the molecule is O=C(c1cc2ccccc2[nH]1)N1CCN(Cc2ccncc2)CC1. The second-order valence-electron chi connectivity index (χ2n) is 6.19. The summed E-state index contributed by atoms with van der Waals surface area (Å²) in [4.78, 5) is 24.3. The summed E-state index contributed by atoms with van der Waals surface area (Å²) in [6.07, 6.45) is 3.65. The Kier molecular flexibility index (Phi) is 4.01. The quantitative estimate of drug-likeness (QED) is 0.807. The number of carbonyl (C=O) groups is 1. The van der Waals surface area contributed by atoms with Crippen LogP contribution in [0, 0.1) is 0 Å². The number of hydrogen-bond acceptors (Lipinski definition) is 3. The van der Waals surface area contributed by atoms with Crippen molar-refractivity contribution in [3.8, 4) is 0 Å². The Morgan fingerprint density at radius 2 is 1.79 bits per heavy atom. The van der Waals surface area contributed by atoms with E-state index in [-0.39, 0.29) is 5.91 Å². The number of nitrogens with zero attached hydrogens (tertiary/aromatic N) is 3. The maximum Gasteiger partial charge on any atom is 0.270 e. The molecule has 0 bridgehead atoms.